The molecule has 3 heterocycles. The monoisotopic (exact) mass is 261 g/mol. The largest absolute Gasteiger partial charge is 0.476 e. The van der Waals surface area contributed by atoms with Gasteiger partial charge in [-0.25, -0.2) is 9.78 Å². The molecule has 2 aromatic rings. The number of nitrogens with zero attached hydrogens (tertiary/aromatic N) is 2. The van der Waals surface area contributed by atoms with Crippen LogP contribution >= 0.6 is 0 Å². The normalized spacial score (nSPS) is 13.9. The molecule has 6 nitrogen and oxygen atoms in total. The molecule has 1 aliphatic heterocycles. The van der Waals surface area contributed by atoms with Crippen LogP contribution in [0.2, 0.25) is 0 Å². The predicted octanol–water partition coefficient (Wildman–Crippen LogP) is 1.78. The van der Waals surface area contributed by atoms with Gasteiger partial charge >= 0.3 is 5.97 Å². The summed E-state index contributed by atoms with van der Waals surface area (Å²) >= 11 is 0. The van der Waals surface area contributed by atoms with Crippen molar-refractivity contribution in [1.29, 1.82) is 0 Å². The summed E-state index contributed by atoms with van der Waals surface area (Å²) in [6.07, 6.45) is 4.02. The zero-order chi connectivity index (χ0) is 13.2. The third-order valence-electron chi connectivity index (χ3n) is 3.28. The minimum Gasteiger partial charge on any atom is -0.476 e. The van der Waals surface area contributed by atoms with Crippen molar-refractivity contribution < 1.29 is 14.3 Å². The zero-order valence-corrected chi connectivity index (χ0v) is 10.4. The van der Waals surface area contributed by atoms with E-state index in [1.54, 1.807) is 6.26 Å². The van der Waals surface area contributed by atoms with Crippen molar-refractivity contribution in [3.63, 3.8) is 0 Å². The molecule has 0 aromatic carbocycles. The minimum atomic E-state index is -0.984. The quantitative estimate of drug-likeness (QED) is 0.876. The highest BCUT2D eigenvalue weighted by atomic mass is 16.4. The lowest BCUT2D eigenvalue weighted by Crippen LogP contribution is -2.19. The first kappa shape index (κ1) is 11.8. The molecule has 0 aliphatic carbocycles. The van der Waals surface area contributed by atoms with E-state index in [0.717, 1.165) is 37.5 Å². The maximum Gasteiger partial charge on any atom is 0.358 e. The highest BCUT2D eigenvalue weighted by Gasteiger charge is 2.23. The number of carboxylic acids is 1. The topological polar surface area (TPSA) is 80.3 Å². The zero-order valence-electron chi connectivity index (χ0n) is 10.4. The molecule has 100 valence electrons. The Bertz CT molecular complexity index is 587. The fourth-order valence-electron chi connectivity index (χ4n) is 2.39. The molecule has 0 bridgehead atoms. The van der Waals surface area contributed by atoms with E-state index in [0.29, 0.717) is 12.2 Å². The van der Waals surface area contributed by atoms with Crippen LogP contribution in [0.1, 0.15) is 28.5 Å². The van der Waals surface area contributed by atoms with Crippen molar-refractivity contribution >= 4 is 11.8 Å². The summed E-state index contributed by atoms with van der Waals surface area (Å²) in [6.45, 7) is 1.61. The van der Waals surface area contributed by atoms with Crippen LogP contribution in [0.3, 0.4) is 0 Å². The fraction of sp³-hybridized carbons (Fsp3) is 0.385. The van der Waals surface area contributed by atoms with Gasteiger partial charge in [0.25, 0.3) is 0 Å². The molecule has 6 heteroatoms. The molecule has 0 saturated heterocycles. The van der Waals surface area contributed by atoms with E-state index in [1.807, 2.05) is 16.7 Å². The summed E-state index contributed by atoms with van der Waals surface area (Å²) in [4.78, 5) is 15.4. The van der Waals surface area contributed by atoms with Crippen molar-refractivity contribution in [3.8, 4) is 0 Å². The summed E-state index contributed by atoms with van der Waals surface area (Å²) in [7, 11) is 0. The van der Waals surface area contributed by atoms with Crippen LogP contribution < -0.4 is 5.32 Å². The van der Waals surface area contributed by atoms with Crippen LogP contribution in [-0.2, 0) is 19.4 Å². The second-order valence-corrected chi connectivity index (χ2v) is 4.54. The third kappa shape index (κ3) is 2.21. The first-order valence-corrected chi connectivity index (χ1v) is 6.34. The van der Waals surface area contributed by atoms with Gasteiger partial charge in [0.2, 0.25) is 0 Å². The second kappa shape index (κ2) is 4.79. The van der Waals surface area contributed by atoms with Crippen molar-refractivity contribution in [2.45, 2.75) is 25.8 Å². The molecular formula is C13H15N3O3. The number of fused-ring (bicyclic) bond motifs is 1. The highest BCUT2D eigenvalue weighted by Crippen LogP contribution is 2.23. The average Bonchev–Trinajstić information content (AvgIpc) is 3.04. The first-order chi connectivity index (χ1) is 9.25. The van der Waals surface area contributed by atoms with E-state index in [1.165, 1.54) is 0 Å². The van der Waals surface area contributed by atoms with Gasteiger partial charge < -0.3 is 19.4 Å². The van der Waals surface area contributed by atoms with Crippen molar-refractivity contribution in [2.75, 3.05) is 11.9 Å². The molecule has 3 rings (SSSR count). The SMILES string of the molecule is O=C(O)c1nc(CCc2ccco2)n2c1NCCC2. The molecule has 0 fully saturated rings. The number of anilines is 1. The first-order valence-electron chi connectivity index (χ1n) is 6.34. The Labute approximate surface area is 110 Å². The second-order valence-electron chi connectivity index (χ2n) is 4.54. The third-order valence-corrected chi connectivity index (χ3v) is 3.28. The Balaban J connectivity index is 1.86. The summed E-state index contributed by atoms with van der Waals surface area (Å²) in [6, 6.07) is 3.76. The van der Waals surface area contributed by atoms with Crippen LogP contribution in [0.5, 0.6) is 0 Å². The minimum absolute atomic E-state index is 0.120. The number of imidazole rings is 1. The van der Waals surface area contributed by atoms with Gasteiger partial charge in [-0.15, -0.1) is 0 Å². The lowest BCUT2D eigenvalue weighted by molar-refractivity contribution is 0.0692. The number of aromatic carboxylic acids is 1. The molecule has 0 radical (unpaired) electrons. The van der Waals surface area contributed by atoms with Gasteiger partial charge in [0, 0.05) is 25.9 Å². The van der Waals surface area contributed by atoms with E-state index in [4.69, 9.17) is 4.42 Å². The van der Waals surface area contributed by atoms with Gasteiger partial charge in [0.1, 0.15) is 17.4 Å². The van der Waals surface area contributed by atoms with E-state index in [9.17, 15) is 9.90 Å². The molecule has 1 aliphatic rings. The standard InChI is InChI=1S/C13H15N3O3/c17-13(18)11-12-14-6-2-7-16(12)10(15-11)5-4-9-3-1-8-19-9/h1,3,8,14H,2,4-7H2,(H,17,18). The van der Waals surface area contributed by atoms with Crippen LogP contribution in [0.25, 0.3) is 0 Å². The molecule has 0 spiro atoms. The Morgan fingerprint density at radius 3 is 3.16 bits per heavy atom. The van der Waals surface area contributed by atoms with Crippen molar-refractivity contribution in [3.05, 3.63) is 35.7 Å². The van der Waals surface area contributed by atoms with Gasteiger partial charge in [-0.2, -0.15) is 0 Å². The number of hydrogen-bond acceptors (Lipinski definition) is 4. The van der Waals surface area contributed by atoms with Crippen LogP contribution in [-0.4, -0.2) is 27.2 Å². The van der Waals surface area contributed by atoms with Gasteiger partial charge in [-0.05, 0) is 18.6 Å². The van der Waals surface area contributed by atoms with Crippen LogP contribution in [0, 0.1) is 0 Å². The molecule has 19 heavy (non-hydrogen) atoms. The van der Waals surface area contributed by atoms with Crippen molar-refractivity contribution in [2.24, 2.45) is 0 Å². The Hall–Kier alpha value is -2.24. The molecule has 0 unspecified atom stereocenters. The highest BCUT2D eigenvalue weighted by molar-refractivity contribution is 5.91. The summed E-state index contributed by atoms with van der Waals surface area (Å²) in [5.74, 6) is 1.34. The number of carboxylic acid groups (broad SMARTS) is 1. The van der Waals surface area contributed by atoms with Gasteiger partial charge in [0.15, 0.2) is 5.69 Å². The van der Waals surface area contributed by atoms with E-state index in [-0.39, 0.29) is 5.69 Å². The number of nitrogens with one attached hydrogen (secondary N) is 1. The Kier molecular flexibility index (Phi) is 2.98. The fourth-order valence-corrected chi connectivity index (χ4v) is 2.39. The lowest BCUT2D eigenvalue weighted by Gasteiger charge is -2.18. The molecule has 0 amide bonds. The summed E-state index contributed by atoms with van der Waals surface area (Å²) in [5, 5.41) is 12.3. The van der Waals surface area contributed by atoms with Gasteiger partial charge in [-0.3, -0.25) is 0 Å². The predicted molar refractivity (Wildman–Crippen MR) is 68.4 cm³/mol. The molecule has 0 saturated carbocycles. The average molecular weight is 261 g/mol. The van der Waals surface area contributed by atoms with E-state index < -0.39 is 5.97 Å². The maximum atomic E-state index is 11.2. The van der Waals surface area contributed by atoms with Gasteiger partial charge in [0.05, 0.1) is 6.26 Å². The number of rotatable bonds is 4. The number of carbonyl (C=O) groups is 1. The number of aromatic nitrogens is 2. The number of furan rings is 1. The molecule has 0 atom stereocenters. The van der Waals surface area contributed by atoms with E-state index in [2.05, 4.69) is 10.3 Å². The smallest absolute Gasteiger partial charge is 0.358 e. The molecule has 2 aromatic heterocycles. The summed E-state index contributed by atoms with van der Waals surface area (Å²) < 4.78 is 7.25. The number of aryl methyl sites for hydroxylation is 2. The number of hydrogen-bond donors (Lipinski definition) is 2. The van der Waals surface area contributed by atoms with E-state index >= 15 is 0 Å². The molecule has 2 N–H and O–H groups in total. The Morgan fingerprint density at radius 2 is 2.42 bits per heavy atom. The molecular weight excluding hydrogens is 246 g/mol. The van der Waals surface area contributed by atoms with Crippen molar-refractivity contribution in [1.82, 2.24) is 9.55 Å². The Morgan fingerprint density at radius 1 is 1.53 bits per heavy atom. The van der Waals surface area contributed by atoms with Gasteiger partial charge in [-0.1, -0.05) is 0 Å². The van der Waals surface area contributed by atoms with Crippen LogP contribution in [0.15, 0.2) is 22.8 Å². The lowest BCUT2D eigenvalue weighted by atomic mass is 10.2. The maximum absolute atomic E-state index is 11.2. The summed E-state index contributed by atoms with van der Waals surface area (Å²) in [5.41, 5.74) is 0.120. The van der Waals surface area contributed by atoms with Crippen LogP contribution in [0.4, 0.5) is 5.82 Å².